The number of aromatic nitrogens is 4. The van der Waals surface area contributed by atoms with E-state index in [0.29, 0.717) is 6.54 Å². The van der Waals surface area contributed by atoms with Gasteiger partial charge in [-0.1, -0.05) is 19.9 Å². The van der Waals surface area contributed by atoms with Crippen LogP contribution in [-0.4, -0.2) is 32.9 Å². The van der Waals surface area contributed by atoms with Gasteiger partial charge in [0.2, 0.25) is 6.41 Å². The number of amides is 1. The summed E-state index contributed by atoms with van der Waals surface area (Å²) in [5.41, 5.74) is 3.65. The molecule has 112 valence electrons. The molecule has 3 rings (SSSR count). The summed E-state index contributed by atoms with van der Waals surface area (Å²) in [5, 5.41) is 2.74. The van der Waals surface area contributed by atoms with Gasteiger partial charge in [0.15, 0.2) is 0 Å². The molecule has 22 heavy (non-hydrogen) atoms. The van der Waals surface area contributed by atoms with Crippen LogP contribution in [0, 0.1) is 0 Å². The second-order valence-electron chi connectivity index (χ2n) is 5.83. The fourth-order valence-corrected chi connectivity index (χ4v) is 2.38. The predicted molar refractivity (Wildman–Crippen MR) is 84.2 cm³/mol. The minimum absolute atomic E-state index is 0.163. The molecule has 0 fully saturated rings. The van der Waals surface area contributed by atoms with Crippen LogP contribution in [0.3, 0.4) is 0 Å². The first-order valence-electron chi connectivity index (χ1n) is 7.03. The fourth-order valence-electron chi connectivity index (χ4n) is 2.38. The molecule has 0 radical (unpaired) electrons. The molecular weight excluding hydrogens is 278 g/mol. The van der Waals surface area contributed by atoms with Crippen molar-refractivity contribution in [3.63, 3.8) is 0 Å². The molecule has 2 heterocycles. The first-order chi connectivity index (χ1) is 10.6. The predicted octanol–water partition coefficient (Wildman–Crippen LogP) is 2.04. The van der Waals surface area contributed by atoms with Gasteiger partial charge in [-0.15, -0.1) is 0 Å². The molecule has 0 bridgehead atoms. The van der Waals surface area contributed by atoms with Gasteiger partial charge < -0.3 is 10.3 Å². The van der Waals surface area contributed by atoms with E-state index in [4.69, 9.17) is 0 Å². The van der Waals surface area contributed by atoms with Crippen LogP contribution in [0.2, 0.25) is 0 Å². The number of aromatic amines is 1. The number of hydrogen-bond acceptors (Lipinski definition) is 4. The first kappa shape index (κ1) is 14.2. The van der Waals surface area contributed by atoms with Crippen molar-refractivity contribution in [1.29, 1.82) is 0 Å². The molecule has 2 N–H and O–H groups in total. The number of H-pyrrole nitrogens is 1. The fraction of sp³-hybridized carbons (Fsp3) is 0.250. The van der Waals surface area contributed by atoms with Gasteiger partial charge in [-0.3, -0.25) is 4.79 Å². The molecule has 2 aromatic heterocycles. The summed E-state index contributed by atoms with van der Waals surface area (Å²) < 4.78 is 0. The van der Waals surface area contributed by atoms with Crippen molar-refractivity contribution < 1.29 is 4.79 Å². The number of fused-ring (bicyclic) bond motifs is 1. The molecular formula is C16H17N5O. The van der Waals surface area contributed by atoms with Crippen LogP contribution in [0.1, 0.15) is 19.4 Å². The summed E-state index contributed by atoms with van der Waals surface area (Å²) >= 11 is 0. The average molecular weight is 295 g/mol. The molecule has 6 heteroatoms. The van der Waals surface area contributed by atoms with Gasteiger partial charge >= 0.3 is 0 Å². The van der Waals surface area contributed by atoms with Crippen molar-refractivity contribution in [2.75, 3.05) is 6.54 Å². The maximum Gasteiger partial charge on any atom is 0.207 e. The van der Waals surface area contributed by atoms with Gasteiger partial charge in [-0.05, 0) is 17.7 Å². The molecule has 0 aliphatic carbocycles. The Hall–Kier alpha value is -2.76. The zero-order valence-corrected chi connectivity index (χ0v) is 12.5. The minimum atomic E-state index is -0.163. The monoisotopic (exact) mass is 295 g/mol. The number of imidazole rings is 1. The lowest BCUT2D eigenvalue weighted by molar-refractivity contribution is -0.109. The Kier molecular flexibility index (Phi) is 3.58. The normalized spacial score (nSPS) is 11.5. The molecule has 0 atom stereocenters. The minimum Gasteiger partial charge on any atom is -0.358 e. The molecule has 0 saturated heterocycles. The third-order valence-electron chi connectivity index (χ3n) is 3.73. The van der Waals surface area contributed by atoms with Gasteiger partial charge in [-0.2, -0.15) is 0 Å². The summed E-state index contributed by atoms with van der Waals surface area (Å²) in [7, 11) is 0. The van der Waals surface area contributed by atoms with Crippen molar-refractivity contribution in [3.8, 4) is 11.4 Å². The van der Waals surface area contributed by atoms with E-state index >= 15 is 0 Å². The quantitative estimate of drug-likeness (QED) is 0.706. The Morgan fingerprint density at radius 1 is 1.27 bits per heavy atom. The molecule has 6 nitrogen and oxygen atoms in total. The standard InChI is InChI=1S/C16H17N5O/c1-16(2,8-19-10-22)12-3-4-13-14(5-12)21-15(20-13)11-6-17-9-18-7-11/h3-7,9-10H,8H2,1-2H3,(H,19,22)(H,20,21). The summed E-state index contributed by atoms with van der Waals surface area (Å²) in [6.45, 7) is 4.75. The lowest BCUT2D eigenvalue weighted by Crippen LogP contribution is -2.32. The number of carbonyl (C=O) groups excluding carboxylic acids is 1. The van der Waals surface area contributed by atoms with Crippen molar-refractivity contribution >= 4 is 17.4 Å². The van der Waals surface area contributed by atoms with Crippen molar-refractivity contribution in [2.45, 2.75) is 19.3 Å². The molecule has 0 aliphatic rings. The molecule has 3 aromatic rings. The van der Waals surface area contributed by atoms with Crippen LogP contribution in [0.5, 0.6) is 0 Å². The smallest absolute Gasteiger partial charge is 0.207 e. The van der Waals surface area contributed by atoms with Gasteiger partial charge in [-0.25, -0.2) is 15.0 Å². The zero-order valence-electron chi connectivity index (χ0n) is 12.5. The Balaban J connectivity index is 1.98. The van der Waals surface area contributed by atoms with Crippen LogP contribution in [0.25, 0.3) is 22.4 Å². The maximum absolute atomic E-state index is 10.5. The summed E-state index contributed by atoms with van der Waals surface area (Å²) in [4.78, 5) is 26.4. The average Bonchev–Trinajstić information content (AvgIpc) is 2.97. The highest BCUT2D eigenvalue weighted by atomic mass is 16.1. The number of benzene rings is 1. The number of nitrogens with one attached hydrogen (secondary N) is 2. The highest BCUT2D eigenvalue weighted by molar-refractivity contribution is 5.80. The van der Waals surface area contributed by atoms with E-state index in [-0.39, 0.29) is 5.41 Å². The highest BCUT2D eigenvalue weighted by Crippen LogP contribution is 2.27. The summed E-state index contributed by atoms with van der Waals surface area (Å²) in [5.74, 6) is 0.747. The number of nitrogens with zero attached hydrogens (tertiary/aromatic N) is 3. The molecule has 0 spiro atoms. The highest BCUT2D eigenvalue weighted by Gasteiger charge is 2.21. The van der Waals surface area contributed by atoms with Crippen LogP contribution in [0.15, 0.2) is 36.9 Å². The van der Waals surface area contributed by atoms with Gasteiger partial charge in [0.25, 0.3) is 0 Å². The van der Waals surface area contributed by atoms with E-state index < -0.39 is 0 Å². The number of carbonyl (C=O) groups is 1. The number of rotatable bonds is 5. The lowest BCUT2D eigenvalue weighted by atomic mass is 9.84. The van der Waals surface area contributed by atoms with Crippen molar-refractivity contribution in [3.05, 3.63) is 42.5 Å². The summed E-state index contributed by atoms with van der Waals surface area (Å²) in [6, 6.07) is 6.11. The SMILES string of the molecule is CC(C)(CNC=O)c1ccc2[nH]c(-c3cncnc3)nc2c1. The van der Waals surface area contributed by atoms with Crippen LogP contribution >= 0.6 is 0 Å². The topological polar surface area (TPSA) is 83.6 Å². The molecule has 1 aromatic carbocycles. The zero-order chi connectivity index (χ0) is 15.6. The van der Waals surface area contributed by atoms with E-state index in [1.165, 1.54) is 6.33 Å². The lowest BCUT2D eigenvalue weighted by Gasteiger charge is -2.24. The van der Waals surface area contributed by atoms with E-state index in [9.17, 15) is 4.79 Å². The van der Waals surface area contributed by atoms with Crippen LogP contribution in [0.4, 0.5) is 0 Å². The van der Waals surface area contributed by atoms with Crippen molar-refractivity contribution in [1.82, 2.24) is 25.3 Å². The van der Waals surface area contributed by atoms with Crippen molar-refractivity contribution in [2.24, 2.45) is 0 Å². The second kappa shape index (κ2) is 5.55. The Bertz CT molecular complexity index is 795. The Labute approximate surface area is 128 Å². The van der Waals surface area contributed by atoms with Gasteiger partial charge in [0.1, 0.15) is 12.2 Å². The second-order valence-corrected chi connectivity index (χ2v) is 5.83. The van der Waals surface area contributed by atoms with E-state index in [2.05, 4.69) is 45.2 Å². The third kappa shape index (κ3) is 2.67. The maximum atomic E-state index is 10.5. The third-order valence-corrected chi connectivity index (χ3v) is 3.73. The molecule has 0 unspecified atom stereocenters. The van der Waals surface area contributed by atoms with Gasteiger partial charge in [0.05, 0.1) is 16.6 Å². The Morgan fingerprint density at radius 3 is 2.77 bits per heavy atom. The van der Waals surface area contributed by atoms with Gasteiger partial charge in [0, 0.05) is 24.4 Å². The summed E-state index contributed by atoms with van der Waals surface area (Å²) in [6.07, 6.45) is 5.67. The van der Waals surface area contributed by atoms with Crippen LogP contribution < -0.4 is 5.32 Å². The largest absolute Gasteiger partial charge is 0.358 e. The molecule has 1 amide bonds. The molecule has 0 saturated carbocycles. The van der Waals surface area contributed by atoms with E-state index in [0.717, 1.165) is 34.4 Å². The first-order valence-corrected chi connectivity index (χ1v) is 7.03. The van der Waals surface area contributed by atoms with Crippen LogP contribution in [-0.2, 0) is 10.2 Å². The Morgan fingerprint density at radius 2 is 2.05 bits per heavy atom. The molecule has 0 aliphatic heterocycles. The van der Waals surface area contributed by atoms with E-state index in [1.807, 2.05) is 12.1 Å². The number of hydrogen-bond donors (Lipinski definition) is 2. The van der Waals surface area contributed by atoms with E-state index in [1.54, 1.807) is 12.4 Å².